The zero-order chi connectivity index (χ0) is 17.9. The van der Waals surface area contributed by atoms with Crippen LogP contribution >= 0.6 is 11.6 Å². The van der Waals surface area contributed by atoms with Crippen LogP contribution in [-0.2, 0) is 14.8 Å². The predicted octanol–water partition coefficient (Wildman–Crippen LogP) is 3.33. The molecule has 1 aromatic rings. The van der Waals surface area contributed by atoms with E-state index >= 15 is 0 Å². The molecule has 1 aliphatic heterocycles. The summed E-state index contributed by atoms with van der Waals surface area (Å²) in [4.78, 5) is 12.9. The van der Waals surface area contributed by atoms with Crippen LogP contribution in [0, 0.1) is 0 Å². The first-order valence-electron chi connectivity index (χ1n) is 9.06. The Labute approximate surface area is 154 Å². The summed E-state index contributed by atoms with van der Waals surface area (Å²) >= 11 is 5.85. The number of benzene rings is 1. The number of sulfonamides is 1. The van der Waals surface area contributed by atoms with Gasteiger partial charge in [-0.1, -0.05) is 37.3 Å². The molecule has 1 N–H and O–H groups in total. The molecule has 0 radical (unpaired) electrons. The van der Waals surface area contributed by atoms with Crippen molar-refractivity contribution in [3.8, 4) is 0 Å². The van der Waals surface area contributed by atoms with Gasteiger partial charge in [-0.15, -0.1) is 0 Å². The van der Waals surface area contributed by atoms with Gasteiger partial charge >= 0.3 is 0 Å². The molecular formula is C18H25ClN2O3S. The number of rotatable bonds is 4. The van der Waals surface area contributed by atoms with E-state index in [4.69, 9.17) is 11.6 Å². The van der Waals surface area contributed by atoms with Gasteiger partial charge in [0, 0.05) is 17.6 Å². The second kappa shape index (κ2) is 8.06. The normalized spacial score (nSPS) is 23.3. The highest BCUT2D eigenvalue weighted by atomic mass is 35.5. The molecule has 1 aliphatic carbocycles. The number of hydrogen-bond acceptors (Lipinski definition) is 3. The lowest BCUT2D eigenvalue weighted by Gasteiger charge is -2.25. The summed E-state index contributed by atoms with van der Waals surface area (Å²) < 4.78 is 27.2. The predicted molar refractivity (Wildman–Crippen MR) is 98.0 cm³/mol. The van der Waals surface area contributed by atoms with Crippen molar-refractivity contribution in [1.29, 1.82) is 0 Å². The van der Waals surface area contributed by atoms with Crippen molar-refractivity contribution in [3.63, 3.8) is 0 Å². The van der Waals surface area contributed by atoms with E-state index in [9.17, 15) is 13.2 Å². The lowest BCUT2D eigenvalue weighted by atomic mass is 10.1. The quantitative estimate of drug-likeness (QED) is 0.809. The molecule has 0 spiro atoms. The molecular weight excluding hydrogens is 360 g/mol. The zero-order valence-corrected chi connectivity index (χ0v) is 15.9. The minimum Gasteiger partial charge on any atom is -0.352 e. The summed E-state index contributed by atoms with van der Waals surface area (Å²) in [6.45, 7) is 0.383. The Morgan fingerprint density at radius 1 is 1.00 bits per heavy atom. The Balaban J connectivity index is 1.72. The van der Waals surface area contributed by atoms with E-state index in [1.807, 2.05) is 0 Å². The van der Waals surface area contributed by atoms with Gasteiger partial charge in [0.15, 0.2) is 0 Å². The van der Waals surface area contributed by atoms with Crippen LogP contribution < -0.4 is 5.32 Å². The first-order chi connectivity index (χ1) is 12.0. The first kappa shape index (κ1) is 18.7. The van der Waals surface area contributed by atoms with Crippen molar-refractivity contribution in [1.82, 2.24) is 9.62 Å². The van der Waals surface area contributed by atoms with E-state index in [0.29, 0.717) is 24.4 Å². The summed E-state index contributed by atoms with van der Waals surface area (Å²) in [6.07, 6.45) is 7.94. The van der Waals surface area contributed by atoms with E-state index in [2.05, 4.69) is 5.32 Å². The van der Waals surface area contributed by atoms with E-state index < -0.39 is 16.1 Å². The second-order valence-electron chi connectivity index (χ2n) is 6.92. The largest absolute Gasteiger partial charge is 0.352 e. The molecule has 0 bridgehead atoms. The van der Waals surface area contributed by atoms with Gasteiger partial charge in [-0.05, 0) is 49.9 Å². The molecule has 25 heavy (non-hydrogen) atoms. The third-order valence-electron chi connectivity index (χ3n) is 5.13. The van der Waals surface area contributed by atoms with Crippen LogP contribution in [0.5, 0.6) is 0 Å². The van der Waals surface area contributed by atoms with Crippen molar-refractivity contribution in [2.24, 2.45) is 0 Å². The second-order valence-corrected chi connectivity index (χ2v) is 9.25. The molecule has 1 heterocycles. The van der Waals surface area contributed by atoms with Gasteiger partial charge in [0.1, 0.15) is 6.04 Å². The Kier molecular flexibility index (Phi) is 6.02. The molecule has 1 amide bonds. The fraction of sp³-hybridized carbons (Fsp3) is 0.611. The van der Waals surface area contributed by atoms with Crippen LogP contribution in [0.2, 0.25) is 5.02 Å². The molecule has 1 aromatic carbocycles. The first-order valence-corrected chi connectivity index (χ1v) is 10.9. The molecule has 138 valence electrons. The van der Waals surface area contributed by atoms with Crippen molar-refractivity contribution < 1.29 is 13.2 Å². The maximum atomic E-state index is 12.9. The number of carbonyl (C=O) groups is 1. The highest BCUT2D eigenvalue weighted by Gasteiger charge is 2.39. The average molecular weight is 385 g/mol. The maximum Gasteiger partial charge on any atom is 0.243 e. The van der Waals surface area contributed by atoms with E-state index in [0.717, 1.165) is 25.7 Å². The summed E-state index contributed by atoms with van der Waals surface area (Å²) in [5.41, 5.74) is 0. The number of nitrogens with one attached hydrogen (secondary N) is 1. The number of amides is 1. The Morgan fingerprint density at radius 3 is 2.28 bits per heavy atom. The zero-order valence-electron chi connectivity index (χ0n) is 14.3. The topological polar surface area (TPSA) is 66.5 Å². The molecule has 2 fully saturated rings. The minimum atomic E-state index is -3.68. The van der Waals surface area contributed by atoms with Crippen molar-refractivity contribution in [2.75, 3.05) is 6.54 Å². The van der Waals surface area contributed by atoms with Gasteiger partial charge in [0.25, 0.3) is 0 Å². The molecule has 1 saturated carbocycles. The van der Waals surface area contributed by atoms with Crippen LogP contribution in [0.15, 0.2) is 29.2 Å². The van der Waals surface area contributed by atoms with Crippen LogP contribution in [0.3, 0.4) is 0 Å². The number of halogens is 1. The monoisotopic (exact) mass is 384 g/mol. The standard InChI is InChI=1S/C18H25ClN2O3S/c19-14-9-11-16(12-10-14)25(23,24)21-13-5-8-17(21)18(22)20-15-6-3-1-2-4-7-15/h9-12,15,17H,1-8,13H2,(H,20,22)/t17-/m1/s1. The Hall–Kier alpha value is -1.11. The summed E-state index contributed by atoms with van der Waals surface area (Å²) in [7, 11) is -3.68. The minimum absolute atomic E-state index is 0.151. The van der Waals surface area contributed by atoms with E-state index in [1.54, 1.807) is 12.1 Å². The lowest BCUT2D eigenvalue weighted by molar-refractivity contribution is -0.125. The summed E-state index contributed by atoms with van der Waals surface area (Å²) in [5, 5.41) is 3.59. The third kappa shape index (κ3) is 4.36. The molecule has 5 nitrogen and oxygen atoms in total. The van der Waals surface area contributed by atoms with Gasteiger partial charge in [0.05, 0.1) is 4.90 Å². The van der Waals surface area contributed by atoms with Crippen LogP contribution in [-0.4, -0.2) is 37.3 Å². The van der Waals surface area contributed by atoms with Crippen LogP contribution in [0.1, 0.15) is 51.4 Å². The highest BCUT2D eigenvalue weighted by molar-refractivity contribution is 7.89. The molecule has 0 unspecified atom stereocenters. The van der Waals surface area contributed by atoms with Crippen molar-refractivity contribution >= 4 is 27.5 Å². The number of hydrogen-bond donors (Lipinski definition) is 1. The fourth-order valence-corrected chi connectivity index (χ4v) is 5.54. The Morgan fingerprint density at radius 2 is 1.64 bits per heavy atom. The molecule has 1 saturated heterocycles. The molecule has 0 aromatic heterocycles. The molecule has 7 heteroatoms. The summed E-state index contributed by atoms with van der Waals surface area (Å²) in [5.74, 6) is -0.151. The number of nitrogens with zero attached hydrogens (tertiary/aromatic N) is 1. The highest BCUT2D eigenvalue weighted by Crippen LogP contribution is 2.27. The molecule has 1 atom stereocenters. The molecule has 3 rings (SSSR count). The third-order valence-corrected chi connectivity index (χ3v) is 7.30. The van der Waals surface area contributed by atoms with Gasteiger partial charge in [-0.2, -0.15) is 4.31 Å². The fourth-order valence-electron chi connectivity index (χ4n) is 3.75. The molecule has 2 aliphatic rings. The van der Waals surface area contributed by atoms with Crippen molar-refractivity contribution in [2.45, 2.75) is 68.3 Å². The van der Waals surface area contributed by atoms with E-state index in [1.165, 1.54) is 29.3 Å². The Bertz CT molecular complexity index is 698. The van der Waals surface area contributed by atoms with Gasteiger partial charge in [-0.25, -0.2) is 8.42 Å². The van der Waals surface area contributed by atoms with Crippen LogP contribution in [0.4, 0.5) is 0 Å². The average Bonchev–Trinajstić information content (AvgIpc) is 2.96. The van der Waals surface area contributed by atoms with Crippen LogP contribution in [0.25, 0.3) is 0 Å². The maximum absolute atomic E-state index is 12.9. The van der Waals surface area contributed by atoms with E-state index in [-0.39, 0.29) is 16.8 Å². The lowest BCUT2D eigenvalue weighted by Crippen LogP contribution is -2.48. The SMILES string of the molecule is O=C(NC1CCCCCC1)[C@H]1CCCN1S(=O)(=O)c1ccc(Cl)cc1. The van der Waals surface area contributed by atoms with Gasteiger partial charge in [-0.3, -0.25) is 4.79 Å². The van der Waals surface area contributed by atoms with Crippen molar-refractivity contribution in [3.05, 3.63) is 29.3 Å². The number of carbonyl (C=O) groups excluding carboxylic acids is 1. The van der Waals surface area contributed by atoms with Gasteiger partial charge < -0.3 is 5.32 Å². The summed E-state index contributed by atoms with van der Waals surface area (Å²) in [6, 6.07) is 5.68. The smallest absolute Gasteiger partial charge is 0.243 e. The van der Waals surface area contributed by atoms with Gasteiger partial charge in [0.2, 0.25) is 15.9 Å².